The van der Waals surface area contributed by atoms with Gasteiger partial charge < -0.3 is 4.74 Å². The number of nitro groups is 1. The van der Waals surface area contributed by atoms with Gasteiger partial charge in [0.15, 0.2) is 5.75 Å². The molecular formula is C10H7BrN2O3S. The second kappa shape index (κ2) is 4.80. The van der Waals surface area contributed by atoms with E-state index < -0.39 is 4.92 Å². The Balaban J connectivity index is 2.31. The summed E-state index contributed by atoms with van der Waals surface area (Å²) in [5.41, 5.74) is 0.798. The summed E-state index contributed by atoms with van der Waals surface area (Å²) in [6.07, 6.45) is 0. The second-order valence-electron chi connectivity index (χ2n) is 3.19. The van der Waals surface area contributed by atoms with Crippen LogP contribution in [0.1, 0.15) is 5.69 Å². The average Bonchev–Trinajstić information content (AvgIpc) is 2.70. The summed E-state index contributed by atoms with van der Waals surface area (Å²) >= 11 is 4.43. The molecule has 2 aromatic rings. The SMILES string of the molecule is Cc1ccc(Oc2sccc2[N+](=O)[O-])c(Br)n1. The number of hydrogen-bond acceptors (Lipinski definition) is 5. The molecule has 0 saturated heterocycles. The number of aryl methyl sites for hydroxylation is 1. The molecule has 7 heteroatoms. The van der Waals surface area contributed by atoms with Gasteiger partial charge in [0.2, 0.25) is 0 Å². The van der Waals surface area contributed by atoms with Crippen LogP contribution in [0.5, 0.6) is 10.8 Å². The highest BCUT2D eigenvalue weighted by Crippen LogP contribution is 2.38. The number of hydrogen-bond donors (Lipinski definition) is 0. The first-order valence-corrected chi connectivity index (χ1v) is 6.28. The van der Waals surface area contributed by atoms with Crippen molar-refractivity contribution >= 4 is 33.0 Å². The summed E-state index contributed by atoms with van der Waals surface area (Å²) in [5, 5.41) is 12.6. The maximum Gasteiger partial charge on any atom is 0.322 e. The van der Waals surface area contributed by atoms with E-state index >= 15 is 0 Å². The van der Waals surface area contributed by atoms with Gasteiger partial charge in [-0.2, -0.15) is 0 Å². The van der Waals surface area contributed by atoms with Crippen molar-refractivity contribution in [3.8, 4) is 10.8 Å². The Morgan fingerprint density at radius 3 is 2.88 bits per heavy atom. The molecule has 2 rings (SSSR count). The van der Waals surface area contributed by atoms with Gasteiger partial charge in [0.05, 0.1) is 4.92 Å². The Morgan fingerprint density at radius 1 is 1.47 bits per heavy atom. The van der Waals surface area contributed by atoms with E-state index in [9.17, 15) is 10.1 Å². The van der Waals surface area contributed by atoms with Crippen molar-refractivity contribution in [1.29, 1.82) is 0 Å². The van der Waals surface area contributed by atoms with Crippen molar-refractivity contribution in [2.45, 2.75) is 6.92 Å². The smallest absolute Gasteiger partial charge is 0.322 e. The maximum absolute atomic E-state index is 10.7. The Labute approximate surface area is 109 Å². The molecule has 5 nitrogen and oxygen atoms in total. The topological polar surface area (TPSA) is 65.3 Å². The van der Waals surface area contributed by atoms with Gasteiger partial charge in [-0.05, 0) is 35.0 Å². The quantitative estimate of drug-likeness (QED) is 0.489. The van der Waals surface area contributed by atoms with Crippen LogP contribution in [0.3, 0.4) is 0 Å². The molecule has 0 aliphatic carbocycles. The molecule has 2 aromatic heterocycles. The van der Waals surface area contributed by atoms with E-state index in [1.54, 1.807) is 17.5 Å². The van der Waals surface area contributed by atoms with Gasteiger partial charge in [0.25, 0.3) is 5.06 Å². The van der Waals surface area contributed by atoms with Gasteiger partial charge in [-0.15, -0.1) is 11.3 Å². The number of rotatable bonds is 3. The van der Waals surface area contributed by atoms with Crippen LogP contribution in [0, 0.1) is 17.0 Å². The minimum Gasteiger partial charge on any atom is -0.437 e. The molecule has 0 aliphatic rings. The van der Waals surface area contributed by atoms with Crippen molar-refractivity contribution in [1.82, 2.24) is 4.98 Å². The monoisotopic (exact) mass is 314 g/mol. The average molecular weight is 315 g/mol. The van der Waals surface area contributed by atoms with E-state index in [0.29, 0.717) is 10.4 Å². The van der Waals surface area contributed by atoms with Crippen LogP contribution < -0.4 is 4.74 Å². The Hall–Kier alpha value is -1.47. The summed E-state index contributed by atoms with van der Waals surface area (Å²) in [6.45, 7) is 1.85. The van der Waals surface area contributed by atoms with Crippen LogP contribution in [0.2, 0.25) is 0 Å². The summed E-state index contributed by atoms with van der Waals surface area (Å²) < 4.78 is 5.99. The van der Waals surface area contributed by atoms with Crippen LogP contribution >= 0.6 is 27.3 Å². The molecule has 88 valence electrons. The fourth-order valence-electron chi connectivity index (χ4n) is 1.19. The molecule has 0 N–H and O–H groups in total. The molecule has 0 aromatic carbocycles. The third-order valence-corrected chi connectivity index (χ3v) is 3.31. The van der Waals surface area contributed by atoms with E-state index in [0.717, 1.165) is 5.69 Å². The number of ether oxygens (including phenoxy) is 1. The first-order chi connectivity index (χ1) is 8.08. The lowest BCUT2D eigenvalue weighted by molar-refractivity contribution is -0.385. The second-order valence-corrected chi connectivity index (χ2v) is 4.82. The molecule has 17 heavy (non-hydrogen) atoms. The van der Waals surface area contributed by atoms with Crippen LogP contribution in [0.15, 0.2) is 28.2 Å². The normalized spacial score (nSPS) is 10.2. The largest absolute Gasteiger partial charge is 0.437 e. The lowest BCUT2D eigenvalue weighted by atomic mass is 10.4. The highest BCUT2D eigenvalue weighted by atomic mass is 79.9. The van der Waals surface area contributed by atoms with Gasteiger partial charge in [-0.1, -0.05) is 0 Å². The first kappa shape index (κ1) is 12.0. The van der Waals surface area contributed by atoms with E-state index in [4.69, 9.17) is 4.74 Å². The van der Waals surface area contributed by atoms with Gasteiger partial charge in [0, 0.05) is 17.1 Å². The van der Waals surface area contributed by atoms with Crippen molar-refractivity contribution in [2.24, 2.45) is 0 Å². The molecule has 0 amide bonds. The molecular weight excluding hydrogens is 308 g/mol. The number of halogens is 1. The summed E-state index contributed by atoms with van der Waals surface area (Å²) in [6, 6.07) is 4.91. The molecule has 0 atom stereocenters. The molecule has 0 saturated carbocycles. The minimum atomic E-state index is -0.471. The van der Waals surface area contributed by atoms with E-state index in [2.05, 4.69) is 20.9 Å². The predicted octanol–water partition coefficient (Wildman–Crippen LogP) is 3.91. The third kappa shape index (κ3) is 2.62. The third-order valence-electron chi connectivity index (χ3n) is 1.96. The van der Waals surface area contributed by atoms with Crippen molar-refractivity contribution in [3.63, 3.8) is 0 Å². The van der Waals surface area contributed by atoms with Crippen molar-refractivity contribution in [2.75, 3.05) is 0 Å². The Bertz CT molecular complexity index is 570. The summed E-state index contributed by atoms with van der Waals surface area (Å²) in [7, 11) is 0. The fraction of sp³-hybridized carbons (Fsp3) is 0.100. The Kier molecular flexibility index (Phi) is 3.39. The molecule has 0 unspecified atom stereocenters. The standard InChI is InChI=1S/C10H7BrN2O3S/c1-6-2-3-8(9(11)12-6)16-10-7(13(14)15)4-5-17-10/h2-5H,1H3. The van der Waals surface area contributed by atoms with Gasteiger partial charge in [-0.25, -0.2) is 4.98 Å². The van der Waals surface area contributed by atoms with Crippen LogP contribution in [0.25, 0.3) is 0 Å². The van der Waals surface area contributed by atoms with E-state index in [1.807, 2.05) is 6.92 Å². The van der Waals surface area contributed by atoms with Crippen molar-refractivity contribution in [3.05, 3.63) is 44.0 Å². The Morgan fingerprint density at radius 2 is 2.24 bits per heavy atom. The lowest BCUT2D eigenvalue weighted by Gasteiger charge is -2.04. The summed E-state index contributed by atoms with van der Waals surface area (Å²) in [5.74, 6) is 0.459. The van der Waals surface area contributed by atoms with Crippen LogP contribution in [-0.2, 0) is 0 Å². The number of aromatic nitrogens is 1. The van der Waals surface area contributed by atoms with Crippen LogP contribution in [0.4, 0.5) is 5.69 Å². The lowest BCUT2D eigenvalue weighted by Crippen LogP contribution is -1.91. The summed E-state index contributed by atoms with van der Waals surface area (Å²) in [4.78, 5) is 14.4. The highest BCUT2D eigenvalue weighted by Gasteiger charge is 2.18. The number of nitrogens with zero attached hydrogens (tertiary/aromatic N) is 2. The number of thiophene rings is 1. The maximum atomic E-state index is 10.7. The molecule has 0 aliphatic heterocycles. The predicted molar refractivity (Wildman–Crippen MR) is 67.7 cm³/mol. The van der Waals surface area contributed by atoms with Crippen LogP contribution in [-0.4, -0.2) is 9.91 Å². The molecule has 0 fully saturated rings. The molecule has 0 radical (unpaired) electrons. The van der Waals surface area contributed by atoms with Gasteiger partial charge in [0.1, 0.15) is 4.60 Å². The zero-order valence-corrected chi connectivity index (χ0v) is 11.1. The zero-order chi connectivity index (χ0) is 12.4. The molecule has 0 bridgehead atoms. The highest BCUT2D eigenvalue weighted by molar-refractivity contribution is 9.10. The van der Waals surface area contributed by atoms with E-state index in [1.165, 1.54) is 17.4 Å². The van der Waals surface area contributed by atoms with Crippen molar-refractivity contribution < 1.29 is 9.66 Å². The fourth-order valence-corrected chi connectivity index (χ4v) is 2.40. The van der Waals surface area contributed by atoms with Gasteiger partial charge >= 0.3 is 5.69 Å². The minimum absolute atomic E-state index is 0.0394. The molecule has 2 heterocycles. The molecule has 0 spiro atoms. The zero-order valence-electron chi connectivity index (χ0n) is 8.71. The van der Waals surface area contributed by atoms with Gasteiger partial charge in [-0.3, -0.25) is 10.1 Å². The number of pyridine rings is 1. The van der Waals surface area contributed by atoms with E-state index in [-0.39, 0.29) is 10.8 Å². The first-order valence-electron chi connectivity index (χ1n) is 4.61.